The quantitative estimate of drug-likeness (QED) is 0.564. The second-order valence-corrected chi connectivity index (χ2v) is 6.00. The van der Waals surface area contributed by atoms with Crippen molar-refractivity contribution < 1.29 is 22.8 Å². The van der Waals surface area contributed by atoms with Crippen LogP contribution in [-0.2, 0) is 24.2 Å². The first-order valence-electron chi connectivity index (χ1n) is 4.52. The van der Waals surface area contributed by atoms with Crippen LogP contribution in [0.2, 0.25) is 0 Å². The molecule has 0 aromatic rings. The summed E-state index contributed by atoms with van der Waals surface area (Å²) in [7, 11) is -3.52. The van der Waals surface area contributed by atoms with Crippen LogP contribution in [-0.4, -0.2) is 55.6 Å². The average Bonchev–Trinajstić information content (AvgIpc) is 2.12. The topological polar surface area (TPSA) is 101 Å². The monoisotopic (exact) mass is 248 g/mol. The van der Waals surface area contributed by atoms with Crippen molar-refractivity contribution in [3.63, 3.8) is 0 Å². The van der Waals surface area contributed by atoms with Crippen LogP contribution >= 0.6 is 0 Å². The van der Waals surface area contributed by atoms with Crippen LogP contribution in [0.5, 0.6) is 0 Å². The van der Waals surface area contributed by atoms with Gasteiger partial charge in [0.05, 0.1) is 0 Å². The molecule has 0 aromatic carbocycles. The van der Waals surface area contributed by atoms with Crippen LogP contribution in [0.15, 0.2) is 0 Å². The highest BCUT2D eigenvalue weighted by Crippen LogP contribution is 2.05. The van der Waals surface area contributed by atoms with E-state index >= 15 is 0 Å². The van der Waals surface area contributed by atoms with Crippen molar-refractivity contribution in [3.05, 3.63) is 0 Å². The van der Waals surface area contributed by atoms with Crippen molar-refractivity contribution in [2.24, 2.45) is 0 Å². The fourth-order valence-corrected chi connectivity index (χ4v) is 1.75. The van der Waals surface area contributed by atoms with Crippen LogP contribution in [0.3, 0.4) is 0 Å². The minimum absolute atomic E-state index is 0.287. The normalized spacial score (nSPS) is 19.2. The van der Waals surface area contributed by atoms with Gasteiger partial charge in [0.25, 0.3) is 0 Å². The number of nitrogens with one attached hydrogen (secondary N) is 1. The van der Waals surface area contributed by atoms with E-state index in [-0.39, 0.29) is 13.1 Å². The second kappa shape index (κ2) is 4.20. The molecule has 0 aliphatic carbocycles. The number of carbonyl (C=O) groups is 3. The molecule has 1 rings (SSSR count). The molecule has 0 radical (unpaired) electrons. The largest absolute Gasteiger partial charge is 0.323 e. The number of amides is 3. The zero-order valence-corrected chi connectivity index (χ0v) is 9.70. The Morgan fingerprint density at radius 1 is 1.31 bits per heavy atom. The van der Waals surface area contributed by atoms with Gasteiger partial charge in [-0.3, -0.25) is 19.7 Å². The van der Waals surface area contributed by atoms with Crippen molar-refractivity contribution in [2.45, 2.75) is 12.2 Å². The Morgan fingerprint density at radius 2 is 1.75 bits per heavy atom. The summed E-state index contributed by atoms with van der Waals surface area (Å²) in [6.07, 6.45) is 0.932. The summed E-state index contributed by atoms with van der Waals surface area (Å²) < 4.78 is 22.3. The molecule has 90 valence electrons. The summed E-state index contributed by atoms with van der Waals surface area (Å²) in [6, 6.07) is 0. The van der Waals surface area contributed by atoms with E-state index in [9.17, 15) is 22.8 Å². The number of imide groups is 1. The zero-order chi connectivity index (χ0) is 12.5. The highest BCUT2D eigenvalue weighted by Gasteiger charge is 2.33. The summed E-state index contributed by atoms with van der Waals surface area (Å²) in [6.45, 7) is 0.656. The van der Waals surface area contributed by atoms with Gasteiger partial charge < -0.3 is 4.90 Å². The second-order valence-electron chi connectivity index (χ2n) is 3.64. The molecular weight excluding hydrogens is 236 g/mol. The smallest absolute Gasteiger partial charge is 0.246 e. The first-order chi connectivity index (χ1) is 7.21. The third kappa shape index (κ3) is 2.78. The molecule has 1 N–H and O–H groups in total. The van der Waals surface area contributed by atoms with E-state index < -0.39 is 32.8 Å². The van der Waals surface area contributed by atoms with Crippen molar-refractivity contribution >= 4 is 27.6 Å². The first-order valence-corrected chi connectivity index (χ1v) is 6.47. The van der Waals surface area contributed by atoms with Crippen LogP contribution in [0.4, 0.5) is 0 Å². The molecule has 1 unspecified atom stereocenters. The molecule has 1 atom stereocenters. The van der Waals surface area contributed by atoms with Crippen LogP contribution in [0.1, 0.15) is 6.92 Å². The maximum Gasteiger partial charge on any atom is 0.246 e. The lowest BCUT2D eigenvalue weighted by Crippen LogP contribution is -2.55. The number of hydrogen-bond acceptors (Lipinski definition) is 5. The van der Waals surface area contributed by atoms with E-state index in [0.29, 0.717) is 0 Å². The Bertz CT molecular complexity index is 425. The SMILES string of the molecule is CC(C(=O)N1CC(=O)NC(=O)C1)S(C)(=O)=O. The van der Waals surface area contributed by atoms with Gasteiger partial charge in [-0.25, -0.2) is 8.42 Å². The molecule has 1 fully saturated rings. The minimum Gasteiger partial charge on any atom is -0.323 e. The van der Waals surface area contributed by atoms with Gasteiger partial charge in [-0.05, 0) is 6.92 Å². The Balaban J connectivity index is 2.82. The number of nitrogens with zero attached hydrogens (tertiary/aromatic N) is 1. The molecule has 7 nitrogen and oxygen atoms in total. The molecule has 3 amide bonds. The first kappa shape index (κ1) is 12.6. The number of hydrogen-bond donors (Lipinski definition) is 1. The van der Waals surface area contributed by atoms with Crippen LogP contribution < -0.4 is 5.32 Å². The minimum atomic E-state index is -3.52. The summed E-state index contributed by atoms with van der Waals surface area (Å²) in [4.78, 5) is 34.6. The third-order valence-corrected chi connectivity index (χ3v) is 3.74. The molecular formula is C8H12N2O5S. The van der Waals surface area contributed by atoms with Gasteiger partial charge in [0.15, 0.2) is 9.84 Å². The standard InChI is InChI=1S/C8H12N2O5S/c1-5(16(2,14)15)8(13)10-3-6(11)9-7(12)4-10/h5H,3-4H2,1-2H3,(H,9,11,12). The molecule has 8 heteroatoms. The Kier molecular flexibility index (Phi) is 3.32. The lowest BCUT2D eigenvalue weighted by Gasteiger charge is -2.27. The van der Waals surface area contributed by atoms with Gasteiger partial charge in [0.1, 0.15) is 18.3 Å². The van der Waals surface area contributed by atoms with Crippen molar-refractivity contribution in [3.8, 4) is 0 Å². The molecule has 1 aliphatic rings. The fourth-order valence-electron chi connectivity index (χ4n) is 1.23. The van der Waals surface area contributed by atoms with Gasteiger partial charge >= 0.3 is 0 Å². The predicted octanol–water partition coefficient (Wildman–Crippen LogP) is -2.10. The van der Waals surface area contributed by atoms with Crippen LogP contribution in [0.25, 0.3) is 0 Å². The maximum absolute atomic E-state index is 11.7. The highest BCUT2D eigenvalue weighted by atomic mass is 32.2. The highest BCUT2D eigenvalue weighted by molar-refractivity contribution is 7.92. The van der Waals surface area contributed by atoms with Gasteiger partial charge in [-0.1, -0.05) is 0 Å². The lowest BCUT2D eigenvalue weighted by molar-refractivity contribution is -0.145. The fraction of sp³-hybridized carbons (Fsp3) is 0.625. The summed E-state index contributed by atoms with van der Waals surface area (Å²) in [5.74, 6) is -1.94. The van der Waals surface area contributed by atoms with E-state index in [1.54, 1.807) is 0 Å². The van der Waals surface area contributed by atoms with Crippen molar-refractivity contribution in [1.29, 1.82) is 0 Å². The maximum atomic E-state index is 11.7. The van der Waals surface area contributed by atoms with Gasteiger partial charge in [0.2, 0.25) is 17.7 Å². The molecule has 0 bridgehead atoms. The van der Waals surface area contributed by atoms with Crippen molar-refractivity contribution in [1.82, 2.24) is 10.2 Å². The Hall–Kier alpha value is -1.44. The summed E-state index contributed by atoms with van der Waals surface area (Å²) in [5.41, 5.74) is 0. The van der Waals surface area contributed by atoms with E-state index in [2.05, 4.69) is 0 Å². The van der Waals surface area contributed by atoms with Crippen LogP contribution in [0, 0.1) is 0 Å². The predicted molar refractivity (Wildman–Crippen MR) is 54.0 cm³/mol. The van der Waals surface area contributed by atoms with Gasteiger partial charge in [-0.15, -0.1) is 0 Å². The van der Waals surface area contributed by atoms with Gasteiger partial charge in [0, 0.05) is 6.26 Å². The summed E-state index contributed by atoms with van der Waals surface area (Å²) in [5, 5.41) is 0.776. The Morgan fingerprint density at radius 3 is 2.12 bits per heavy atom. The van der Waals surface area contributed by atoms with E-state index in [1.165, 1.54) is 6.92 Å². The number of sulfone groups is 1. The van der Waals surface area contributed by atoms with E-state index in [4.69, 9.17) is 0 Å². The average molecular weight is 248 g/mol. The molecule has 1 heterocycles. The van der Waals surface area contributed by atoms with E-state index in [0.717, 1.165) is 11.2 Å². The molecule has 1 aliphatic heterocycles. The van der Waals surface area contributed by atoms with Gasteiger partial charge in [-0.2, -0.15) is 0 Å². The lowest BCUT2D eigenvalue weighted by atomic mass is 10.3. The van der Waals surface area contributed by atoms with Crippen molar-refractivity contribution in [2.75, 3.05) is 19.3 Å². The third-order valence-electron chi connectivity index (χ3n) is 2.25. The zero-order valence-electron chi connectivity index (χ0n) is 8.89. The Labute approximate surface area is 92.7 Å². The van der Waals surface area contributed by atoms with E-state index in [1.807, 2.05) is 5.32 Å². The number of piperazine rings is 1. The molecule has 16 heavy (non-hydrogen) atoms. The molecule has 1 saturated heterocycles. The molecule has 0 spiro atoms. The number of rotatable bonds is 2. The summed E-state index contributed by atoms with van der Waals surface area (Å²) >= 11 is 0. The molecule has 0 saturated carbocycles. The number of carbonyl (C=O) groups excluding carboxylic acids is 3. The molecule has 0 aromatic heterocycles.